The number of rotatable bonds is 7. The van der Waals surface area contributed by atoms with Crippen LogP contribution in [0.4, 0.5) is 0 Å². The molecule has 230 valence electrons. The number of pyridine rings is 2. The Kier molecular flexibility index (Phi) is 8.88. The number of benzene rings is 4. The molecule has 0 atom stereocenters. The van der Waals surface area contributed by atoms with Crippen LogP contribution in [0.15, 0.2) is 128 Å². The summed E-state index contributed by atoms with van der Waals surface area (Å²) in [6.45, 7) is 0. The molecule has 0 radical (unpaired) electrons. The Morgan fingerprint density at radius 2 is 0.979 bits per heavy atom. The first-order chi connectivity index (χ1) is 23.1. The van der Waals surface area contributed by atoms with Crippen LogP contribution in [0, 0.1) is 24.3 Å². The summed E-state index contributed by atoms with van der Waals surface area (Å²) in [5.74, 6) is 2.29. The van der Waals surface area contributed by atoms with E-state index in [1.165, 1.54) is 0 Å². The molecule has 0 aliphatic rings. The van der Waals surface area contributed by atoms with Crippen molar-refractivity contribution in [3.8, 4) is 51.5 Å². The van der Waals surface area contributed by atoms with Crippen molar-refractivity contribution in [3.05, 3.63) is 152 Å². The molecule has 9 heteroatoms. The zero-order valence-electron chi connectivity index (χ0n) is 26.2. The van der Waals surface area contributed by atoms with Crippen LogP contribution in [-0.4, -0.2) is 24.5 Å². The van der Waals surface area contributed by atoms with Gasteiger partial charge in [-0.1, -0.05) is 47.4 Å². The van der Waals surface area contributed by atoms with Crippen molar-refractivity contribution in [1.29, 1.82) is 0 Å². The van der Waals surface area contributed by atoms with Gasteiger partial charge in [0.25, 0.3) is 0 Å². The number of hydrogen-bond donors (Lipinski definition) is 0. The van der Waals surface area contributed by atoms with Gasteiger partial charge in [0.2, 0.25) is 5.95 Å². The Morgan fingerprint density at radius 1 is 0.511 bits per heavy atom. The number of nitrogens with zero attached hydrogens (tertiary/aromatic N) is 5. The maximum absolute atomic E-state index is 8.21. The average molecular weight is 883 g/mol. The molecule has 0 bridgehead atoms. The van der Waals surface area contributed by atoms with E-state index in [0.717, 1.165) is 10.8 Å². The van der Waals surface area contributed by atoms with Crippen LogP contribution < -0.4 is 9.47 Å². The summed E-state index contributed by atoms with van der Waals surface area (Å²) >= 11 is 0. The Labute approximate surface area is 302 Å². The van der Waals surface area contributed by atoms with Crippen LogP contribution in [0.3, 0.4) is 0 Å². The van der Waals surface area contributed by atoms with Gasteiger partial charge in [0.1, 0.15) is 0 Å². The summed E-state index contributed by atoms with van der Waals surface area (Å²) in [6.07, 6.45) is 6.66. The second kappa shape index (κ2) is 14.2. The predicted molar refractivity (Wildman–Crippen MR) is 171 cm³/mol. The predicted octanol–water partition coefficient (Wildman–Crippen LogP) is 8.48. The first-order valence-corrected chi connectivity index (χ1v) is 14.1. The van der Waals surface area contributed by atoms with E-state index in [1.807, 2.05) is 53.1 Å². The van der Waals surface area contributed by atoms with Gasteiger partial charge in [-0.25, -0.2) is 9.97 Å². The van der Waals surface area contributed by atoms with Gasteiger partial charge >= 0.3 is 41.5 Å². The molecular weight excluding hydrogens is 860 g/mol. The van der Waals surface area contributed by atoms with Crippen molar-refractivity contribution < 1.29 is 53.7 Å². The second-order valence-electron chi connectivity index (χ2n) is 9.88. The van der Waals surface area contributed by atoms with E-state index in [1.54, 1.807) is 67.3 Å². The van der Waals surface area contributed by atoms with Crippen LogP contribution in [0.25, 0.3) is 50.3 Å². The molecule has 8 aromatic rings. The average Bonchev–Trinajstić information content (AvgIpc) is 3.42. The summed E-state index contributed by atoms with van der Waals surface area (Å²) in [5.41, 5.74) is 3.75. The molecule has 0 saturated heterocycles. The van der Waals surface area contributed by atoms with E-state index >= 15 is 0 Å². The molecule has 0 N–H and O–H groups in total. The summed E-state index contributed by atoms with van der Waals surface area (Å²) in [4.78, 5) is 17.7. The van der Waals surface area contributed by atoms with Crippen LogP contribution in [0.1, 0.15) is 2.74 Å². The van der Waals surface area contributed by atoms with Gasteiger partial charge in [0.05, 0.1) is 2.74 Å². The molecule has 0 amide bonds. The Bertz CT molecular complexity index is 2280. The van der Waals surface area contributed by atoms with E-state index in [9.17, 15) is 0 Å². The largest absolute Gasteiger partial charge is 2.00 e. The minimum Gasteiger partial charge on any atom is -0.503 e. The number of hydrogen-bond acceptors (Lipinski definition) is 6. The van der Waals surface area contributed by atoms with Crippen molar-refractivity contribution in [2.75, 3.05) is 0 Å². The fourth-order valence-electron chi connectivity index (χ4n) is 5.02. The maximum Gasteiger partial charge on any atom is 2.00 e. The van der Waals surface area contributed by atoms with Gasteiger partial charge in [-0.2, -0.15) is 22.9 Å². The summed E-state index contributed by atoms with van der Waals surface area (Å²) in [7, 11) is 0. The molecule has 4 heterocycles. The van der Waals surface area contributed by atoms with Gasteiger partial charge in [0, 0.05) is 47.8 Å². The standard InChI is InChI=1S/C38H21N5O2.Pd.Pt/c1-3-18-39-34(12-1)26-8-5-10-28(22-26)44-30-14-16-32-33-17-15-31(25-37(33)43(36(32)24-30)38-41-20-7-21-42-38)45-29-11-6-9-27(23-29)35-13-2-4-19-40-35;;/h1-21H;;/q-4;2*+2/i12D,13D;;. The molecule has 0 spiro atoms. The van der Waals surface area contributed by atoms with E-state index in [-0.39, 0.29) is 41.5 Å². The Hall–Kier alpha value is -4.99. The Morgan fingerprint density at radius 3 is 1.47 bits per heavy atom. The molecule has 0 aliphatic heterocycles. The van der Waals surface area contributed by atoms with E-state index < -0.39 is 0 Å². The molecule has 4 aromatic carbocycles. The monoisotopic (exact) mass is 882 g/mol. The third-order valence-electron chi connectivity index (χ3n) is 6.98. The SMILES string of the molecule is [2H]c1cccnc1-c1[c-]c(Oc2[c-]c3c(cc2)c2ccc(Oc4[c-]c(-c5ncccc5[2H])ccc4)[c-]c2n3-c2ncccn2)ccc1.[Pd+2].[Pt+2]. The topological polar surface area (TPSA) is 75.0 Å². The zero-order chi connectivity index (χ0) is 31.7. The maximum atomic E-state index is 8.21. The first kappa shape index (κ1) is 29.4. The van der Waals surface area contributed by atoms with Gasteiger partial charge in [0.15, 0.2) is 0 Å². The van der Waals surface area contributed by atoms with Gasteiger partial charge < -0.3 is 24.0 Å². The van der Waals surface area contributed by atoms with Crippen molar-refractivity contribution >= 4 is 21.8 Å². The van der Waals surface area contributed by atoms with Crippen LogP contribution in [0.2, 0.25) is 0 Å². The third-order valence-corrected chi connectivity index (χ3v) is 6.98. The Balaban J connectivity index is 0.00000208. The molecular formula is C38H21N5O2PdPt. The normalized spacial score (nSPS) is 11.2. The van der Waals surface area contributed by atoms with E-state index in [2.05, 4.69) is 44.2 Å². The van der Waals surface area contributed by atoms with Crippen molar-refractivity contribution in [2.24, 2.45) is 0 Å². The molecule has 7 nitrogen and oxygen atoms in total. The molecule has 0 unspecified atom stereocenters. The minimum atomic E-state index is 0. The fourth-order valence-corrected chi connectivity index (χ4v) is 5.02. The fraction of sp³-hybridized carbons (Fsp3) is 0. The molecule has 0 fully saturated rings. The molecule has 8 rings (SSSR count). The minimum absolute atomic E-state index is 0. The zero-order valence-corrected chi connectivity index (χ0v) is 28.0. The van der Waals surface area contributed by atoms with Crippen molar-refractivity contribution in [3.63, 3.8) is 0 Å². The van der Waals surface area contributed by atoms with Gasteiger partial charge in [-0.05, 0) is 29.6 Å². The van der Waals surface area contributed by atoms with Gasteiger partial charge in [-0.3, -0.25) is 0 Å². The summed E-state index contributed by atoms with van der Waals surface area (Å²) in [5, 5.41) is 1.80. The van der Waals surface area contributed by atoms with Crippen LogP contribution >= 0.6 is 0 Å². The molecule has 0 aliphatic carbocycles. The molecule has 47 heavy (non-hydrogen) atoms. The summed E-state index contributed by atoms with van der Waals surface area (Å²) < 4.78 is 30.7. The molecule has 4 aromatic heterocycles. The smallest absolute Gasteiger partial charge is 0.503 e. The number of aromatic nitrogens is 5. The van der Waals surface area contributed by atoms with Crippen LogP contribution in [-0.2, 0) is 41.5 Å². The third kappa shape index (κ3) is 6.63. The van der Waals surface area contributed by atoms with Crippen molar-refractivity contribution in [1.82, 2.24) is 24.5 Å². The van der Waals surface area contributed by atoms with Gasteiger partial charge in [-0.15, -0.1) is 71.8 Å². The first-order valence-electron chi connectivity index (χ1n) is 15.1. The summed E-state index contributed by atoms with van der Waals surface area (Å²) in [6, 6.07) is 41.0. The quantitative estimate of drug-likeness (QED) is 0.118. The number of fused-ring (bicyclic) bond motifs is 3. The van der Waals surface area contributed by atoms with Crippen LogP contribution in [0.5, 0.6) is 23.0 Å². The van der Waals surface area contributed by atoms with Crippen molar-refractivity contribution in [2.45, 2.75) is 0 Å². The molecule has 0 saturated carbocycles. The van der Waals surface area contributed by atoms with E-state index in [4.69, 9.17) is 12.2 Å². The second-order valence-corrected chi connectivity index (χ2v) is 9.88. The van der Waals surface area contributed by atoms with E-state index in [0.29, 0.717) is 74.6 Å². The number of ether oxygens (including phenoxy) is 2.